The van der Waals surface area contributed by atoms with Crippen LogP contribution in [0.3, 0.4) is 0 Å². The van der Waals surface area contributed by atoms with Gasteiger partial charge in [0.15, 0.2) is 0 Å². The van der Waals surface area contributed by atoms with Crippen LogP contribution in [0.15, 0.2) is 45.8 Å². The van der Waals surface area contributed by atoms with Gasteiger partial charge in [-0.15, -0.1) is 0 Å². The van der Waals surface area contributed by atoms with Gasteiger partial charge in [0, 0.05) is 23.4 Å². The quantitative estimate of drug-likeness (QED) is 0.255. The first kappa shape index (κ1) is 33.4. The molecule has 4 aliphatic rings. The third-order valence-corrected chi connectivity index (χ3v) is 10.9. The minimum absolute atomic E-state index is 0.0719. The highest BCUT2D eigenvalue weighted by Gasteiger charge is 2.62. The van der Waals surface area contributed by atoms with Crippen molar-refractivity contribution < 1.29 is 41.3 Å². The maximum Gasteiger partial charge on any atom is 0.408 e. The summed E-state index contributed by atoms with van der Waals surface area (Å²) in [6, 6.07) is 3.76. The number of nitrogens with zero attached hydrogens (tertiary/aromatic N) is 1. The fraction of sp³-hybridized carbons (Fsp3) is 0.613. The lowest BCUT2D eigenvalue weighted by Crippen LogP contribution is -2.56. The average molecular weight is 711 g/mol. The van der Waals surface area contributed by atoms with E-state index in [1.165, 1.54) is 24.1 Å². The van der Waals surface area contributed by atoms with E-state index in [2.05, 4.69) is 26.6 Å². The molecule has 0 aromatic heterocycles. The van der Waals surface area contributed by atoms with E-state index in [1.54, 1.807) is 12.1 Å². The van der Waals surface area contributed by atoms with E-state index in [1.807, 2.05) is 12.2 Å². The summed E-state index contributed by atoms with van der Waals surface area (Å²) in [7, 11) is -2.99. The fourth-order valence-electron chi connectivity index (χ4n) is 6.47. The van der Waals surface area contributed by atoms with E-state index in [4.69, 9.17) is 13.7 Å². The lowest BCUT2D eigenvalue weighted by atomic mass is 10.0. The van der Waals surface area contributed by atoms with Crippen LogP contribution in [0.5, 0.6) is 0 Å². The molecule has 14 heteroatoms. The minimum Gasteiger partial charge on any atom is -0.467 e. The Balaban J connectivity index is 1.41. The number of alkyl carbamates (subject to hydrolysis) is 1. The second-order valence-corrected chi connectivity index (χ2v) is 14.7. The SMILES string of the molecule is COC(=O)[C@@]12C[C@@H]1/C=C\CCCCC[C@H](NC(=O)OC1CCCC1)C(=O)N1C[C@@H](OS(=O)(=O)c3ccc(Br)cc3)C[C@H]1C(=O)N2. The smallest absolute Gasteiger partial charge is 0.408 e. The Labute approximate surface area is 271 Å². The Kier molecular flexibility index (Phi) is 10.5. The minimum atomic E-state index is -4.24. The van der Waals surface area contributed by atoms with Crippen LogP contribution in [-0.4, -0.2) is 80.7 Å². The van der Waals surface area contributed by atoms with E-state index in [9.17, 15) is 27.6 Å². The molecule has 3 fully saturated rings. The van der Waals surface area contributed by atoms with E-state index in [0.29, 0.717) is 23.7 Å². The number of esters is 1. The summed E-state index contributed by atoms with van der Waals surface area (Å²) in [5.41, 5.74) is -1.28. The lowest BCUT2D eigenvalue weighted by molar-refractivity contribution is -0.148. The van der Waals surface area contributed by atoms with Gasteiger partial charge in [-0.3, -0.25) is 13.8 Å². The van der Waals surface area contributed by atoms with Crippen LogP contribution in [0.25, 0.3) is 0 Å². The van der Waals surface area contributed by atoms with Crippen LogP contribution in [0.1, 0.15) is 70.6 Å². The number of amides is 3. The molecule has 0 bridgehead atoms. The van der Waals surface area contributed by atoms with Gasteiger partial charge in [0.1, 0.15) is 23.7 Å². The first-order valence-corrected chi connectivity index (χ1v) is 17.8. The molecule has 2 aliphatic carbocycles. The number of carbonyl (C=O) groups is 4. The zero-order valence-electron chi connectivity index (χ0n) is 25.2. The summed E-state index contributed by atoms with van der Waals surface area (Å²) in [6.07, 6.45) is 8.96. The standard InChI is InChI=1S/C31H40BrN3O9S/c1-42-29(38)31-18-20(31)9-5-3-2-4-6-12-25(33-30(39)43-22-10-7-8-11-22)28(37)35-19-23(17-26(35)27(36)34-31)44-45(40,41)24-15-13-21(32)14-16-24/h5,9,13-16,20,22-23,25-26H,2-4,6-8,10-12,17-19H2,1H3,(H,33,39)(H,34,36)/b9-5-/t20-,23-,25-,26-,31+/m0/s1. The van der Waals surface area contributed by atoms with Gasteiger partial charge in [0.05, 0.1) is 18.1 Å². The number of ether oxygens (including phenoxy) is 2. The second kappa shape index (κ2) is 14.2. The summed E-state index contributed by atoms with van der Waals surface area (Å²) in [5.74, 6) is -2.03. The molecule has 0 spiro atoms. The Morgan fingerprint density at radius 1 is 1.02 bits per heavy atom. The highest BCUT2D eigenvalue weighted by atomic mass is 79.9. The predicted molar refractivity (Wildman–Crippen MR) is 165 cm³/mol. The molecule has 1 saturated heterocycles. The van der Waals surface area contributed by atoms with Crippen molar-refractivity contribution in [3.05, 3.63) is 40.9 Å². The van der Waals surface area contributed by atoms with Crippen molar-refractivity contribution in [1.82, 2.24) is 15.5 Å². The third kappa shape index (κ3) is 7.89. The number of nitrogens with one attached hydrogen (secondary N) is 2. The number of hydrogen-bond donors (Lipinski definition) is 2. The second-order valence-electron chi connectivity index (χ2n) is 12.2. The zero-order chi connectivity index (χ0) is 32.2. The van der Waals surface area contributed by atoms with Gasteiger partial charge in [-0.2, -0.15) is 8.42 Å². The Bertz CT molecular complexity index is 1410. The van der Waals surface area contributed by atoms with Gasteiger partial charge >= 0.3 is 12.1 Å². The Morgan fingerprint density at radius 2 is 1.73 bits per heavy atom. The number of fused-ring (bicyclic) bond motifs is 2. The van der Waals surface area contributed by atoms with Crippen LogP contribution in [0.4, 0.5) is 4.79 Å². The molecule has 12 nitrogen and oxygen atoms in total. The van der Waals surface area contributed by atoms with Crippen molar-refractivity contribution in [3.8, 4) is 0 Å². The first-order chi connectivity index (χ1) is 21.5. The van der Waals surface area contributed by atoms with Crippen molar-refractivity contribution in [2.24, 2.45) is 5.92 Å². The molecule has 5 atom stereocenters. The van der Waals surface area contributed by atoms with Gasteiger partial charge in [0.25, 0.3) is 10.1 Å². The zero-order valence-corrected chi connectivity index (χ0v) is 27.6. The number of hydrogen-bond acceptors (Lipinski definition) is 9. The molecule has 246 valence electrons. The molecule has 1 aromatic carbocycles. The maximum absolute atomic E-state index is 14.1. The van der Waals surface area contributed by atoms with E-state index < -0.39 is 57.7 Å². The van der Waals surface area contributed by atoms with Crippen molar-refractivity contribution in [3.63, 3.8) is 0 Å². The van der Waals surface area contributed by atoms with Crippen LogP contribution in [0.2, 0.25) is 0 Å². The topological polar surface area (TPSA) is 157 Å². The van der Waals surface area contributed by atoms with Crippen LogP contribution in [-0.2, 0) is 38.2 Å². The van der Waals surface area contributed by atoms with Crippen molar-refractivity contribution in [1.29, 1.82) is 0 Å². The van der Waals surface area contributed by atoms with Crippen LogP contribution in [0, 0.1) is 5.92 Å². The lowest BCUT2D eigenvalue weighted by Gasteiger charge is -2.29. The van der Waals surface area contributed by atoms with Crippen molar-refractivity contribution in [2.75, 3.05) is 13.7 Å². The number of methoxy groups -OCH3 is 1. The highest BCUT2D eigenvalue weighted by molar-refractivity contribution is 9.10. The van der Waals surface area contributed by atoms with Crippen LogP contribution < -0.4 is 10.6 Å². The summed E-state index contributed by atoms with van der Waals surface area (Å²) >= 11 is 3.28. The Morgan fingerprint density at radius 3 is 2.44 bits per heavy atom. The molecule has 2 saturated carbocycles. The van der Waals surface area contributed by atoms with Gasteiger partial charge in [-0.1, -0.05) is 40.9 Å². The normalized spacial score (nSPS) is 30.2. The van der Waals surface area contributed by atoms with Gasteiger partial charge in [-0.25, -0.2) is 9.59 Å². The molecule has 1 aromatic rings. The molecule has 0 unspecified atom stereocenters. The largest absolute Gasteiger partial charge is 0.467 e. The average Bonchev–Trinajstić information content (AvgIpc) is 3.29. The molecular formula is C31H40BrN3O9S. The first-order valence-electron chi connectivity index (χ1n) is 15.6. The van der Waals surface area contributed by atoms with E-state index >= 15 is 0 Å². The van der Waals surface area contributed by atoms with Gasteiger partial charge in [-0.05, 0) is 75.6 Å². The summed E-state index contributed by atoms with van der Waals surface area (Å²) in [5, 5.41) is 5.55. The predicted octanol–water partition coefficient (Wildman–Crippen LogP) is 3.73. The summed E-state index contributed by atoms with van der Waals surface area (Å²) in [4.78, 5) is 54.9. The fourth-order valence-corrected chi connectivity index (χ4v) is 7.81. The van der Waals surface area contributed by atoms with Crippen molar-refractivity contribution in [2.45, 2.75) is 105 Å². The molecule has 2 aliphatic heterocycles. The van der Waals surface area contributed by atoms with Gasteiger partial charge in [0.2, 0.25) is 11.8 Å². The third-order valence-electron chi connectivity index (χ3n) is 9.02. The van der Waals surface area contributed by atoms with Gasteiger partial charge < -0.3 is 25.0 Å². The molecule has 0 radical (unpaired) electrons. The summed E-state index contributed by atoms with van der Waals surface area (Å²) < 4.78 is 43.1. The number of benzene rings is 1. The highest BCUT2D eigenvalue weighted by Crippen LogP contribution is 2.46. The molecule has 2 heterocycles. The number of rotatable bonds is 6. The number of halogens is 1. The molecule has 45 heavy (non-hydrogen) atoms. The number of carbonyl (C=O) groups excluding carboxylic acids is 4. The van der Waals surface area contributed by atoms with Crippen molar-refractivity contribution >= 4 is 49.9 Å². The molecule has 5 rings (SSSR count). The van der Waals surface area contributed by atoms with Crippen LogP contribution >= 0.6 is 15.9 Å². The van der Waals surface area contributed by atoms with E-state index in [-0.39, 0.29) is 29.9 Å². The molecule has 2 N–H and O–H groups in total. The monoisotopic (exact) mass is 709 g/mol. The number of allylic oxidation sites excluding steroid dienone is 1. The molecule has 3 amide bonds. The van der Waals surface area contributed by atoms with E-state index in [0.717, 1.165) is 44.9 Å². The maximum atomic E-state index is 14.1. The molecular weight excluding hydrogens is 670 g/mol. The Hall–Kier alpha value is -2.97. The summed E-state index contributed by atoms with van der Waals surface area (Å²) in [6.45, 7) is -0.211.